The Bertz CT molecular complexity index is 120. The van der Waals surface area contributed by atoms with E-state index in [-0.39, 0.29) is 6.04 Å². The van der Waals surface area contributed by atoms with Gasteiger partial charge in [-0.25, -0.2) is 0 Å². The summed E-state index contributed by atoms with van der Waals surface area (Å²) in [5, 5.41) is 17.2. The van der Waals surface area contributed by atoms with Crippen LogP contribution in [0, 0.1) is 5.92 Å². The summed E-state index contributed by atoms with van der Waals surface area (Å²) in [5.74, 6) is 0.651. The maximum atomic E-state index is 8.59. The first-order valence-corrected chi connectivity index (χ1v) is 5.14. The summed E-state index contributed by atoms with van der Waals surface area (Å²) in [6, 6.07) is 0.274. The van der Waals surface area contributed by atoms with E-state index in [0.717, 1.165) is 25.7 Å². The van der Waals surface area contributed by atoms with Crippen molar-refractivity contribution < 1.29 is 10.0 Å². The Hall–Kier alpha value is -0.0551. The van der Waals surface area contributed by atoms with Gasteiger partial charge in [0.2, 0.25) is 0 Å². The summed E-state index contributed by atoms with van der Waals surface area (Å²) < 4.78 is 0. The molecule has 4 heteroatoms. The molecule has 0 saturated carbocycles. The highest BCUT2D eigenvalue weighted by Gasteiger charge is 2.08. The fourth-order valence-corrected chi connectivity index (χ4v) is 1.46. The first-order chi connectivity index (χ1) is 6.02. The number of hydrogen-bond acceptors (Lipinski definition) is 3. The van der Waals surface area contributed by atoms with Crippen LogP contribution >= 0.6 is 0 Å². The average molecular weight is 187 g/mol. The van der Waals surface area contributed by atoms with Crippen molar-refractivity contribution in [2.75, 3.05) is 0 Å². The van der Waals surface area contributed by atoms with Gasteiger partial charge in [-0.1, -0.05) is 26.7 Å². The second kappa shape index (κ2) is 7.36. The lowest BCUT2D eigenvalue weighted by Crippen LogP contribution is -2.22. The van der Waals surface area contributed by atoms with E-state index in [1.807, 2.05) is 0 Å². The van der Waals surface area contributed by atoms with E-state index < -0.39 is 7.12 Å². The van der Waals surface area contributed by atoms with Crippen LogP contribution < -0.4 is 5.73 Å². The van der Waals surface area contributed by atoms with Gasteiger partial charge in [-0.05, 0) is 25.1 Å². The smallest absolute Gasteiger partial charge is 0.427 e. The van der Waals surface area contributed by atoms with E-state index in [2.05, 4.69) is 13.8 Å². The molecule has 0 fully saturated rings. The molecule has 0 aliphatic rings. The second-order valence-corrected chi connectivity index (χ2v) is 4.15. The van der Waals surface area contributed by atoms with Crippen LogP contribution in [0.1, 0.15) is 39.5 Å². The normalized spacial score (nSPS) is 13.4. The van der Waals surface area contributed by atoms with Crippen molar-refractivity contribution in [3.05, 3.63) is 0 Å². The summed E-state index contributed by atoms with van der Waals surface area (Å²) in [6.45, 7) is 4.33. The highest BCUT2D eigenvalue weighted by Crippen LogP contribution is 2.10. The molecule has 0 aromatic rings. The first kappa shape index (κ1) is 12.9. The monoisotopic (exact) mass is 187 g/mol. The van der Waals surface area contributed by atoms with Gasteiger partial charge in [0.15, 0.2) is 0 Å². The number of hydrogen-bond donors (Lipinski definition) is 3. The van der Waals surface area contributed by atoms with Gasteiger partial charge < -0.3 is 15.8 Å². The molecule has 0 saturated heterocycles. The molecule has 4 N–H and O–H groups in total. The van der Waals surface area contributed by atoms with E-state index >= 15 is 0 Å². The van der Waals surface area contributed by atoms with Crippen LogP contribution in [0.25, 0.3) is 0 Å². The standard InChI is InChI=1S/C9H22BNO2/c1-8(2)7-9(11)5-3-4-6-10(12)13/h8-9,12-13H,3-7,11H2,1-2H3. The van der Waals surface area contributed by atoms with Gasteiger partial charge in [0, 0.05) is 6.04 Å². The molecular formula is C9H22BNO2. The van der Waals surface area contributed by atoms with Crippen molar-refractivity contribution in [2.45, 2.75) is 51.9 Å². The Kier molecular flexibility index (Phi) is 7.33. The Morgan fingerprint density at radius 1 is 1.23 bits per heavy atom. The molecule has 78 valence electrons. The van der Waals surface area contributed by atoms with E-state index in [4.69, 9.17) is 15.8 Å². The molecule has 1 unspecified atom stereocenters. The van der Waals surface area contributed by atoms with E-state index in [1.165, 1.54) is 0 Å². The minimum atomic E-state index is -1.15. The molecule has 0 radical (unpaired) electrons. The van der Waals surface area contributed by atoms with E-state index in [1.54, 1.807) is 0 Å². The maximum absolute atomic E-state index is 8.59. The Labute approximate surface area is 81.5 Å². The minimum Gasteiger partial charge on any atom is -0.427 e. The van der Waals surface area contributed by atoms with Crippen LogP contribution in [0.5, 0.6) is 0 Å². The summed E-state index contributed by atoms with van der Waals surface area (Å²) in [4.78, 5) is 0. The Balaban J connectivity index is 3.22. The molecule has 0 aromatic heterocycles. The van der Waals surface area contributed by atoms with E-state index in [0.29, 0.717) is 12.2 Å². The van der Waals surface area contributed by atoms with Crippen molar-refractivity contribution in [1.29, 1.82) is 0 Å². The van der Waals surface area contributed by atoms with Gasteiger partial charge in [0.25, 0.3) is 0 Å². The van der Waals surface area contributed by atoms with Gasteiger partial charge >= 0.3 is 7.12 Å². The van der Waals surface area contributed by atoms with Crippen LogP contribution in [0.4, 0.5) is 0 Å². The number of rotatable bonds is 7. The zero-order valence-corrected chi connectivity index (χ0v) is 8.74. The van der Waals surface area contributed by atoms with Gasteiger partial charge in [-0.15, -0.1) is 0 Å². The van der Waals surface area contributed by atoms with Crippen molar-refractivity contribution in [1.82, 2.24) is 0 Å². The SMILES string of the molecule is CC(C)CC(N)CCCCB(O)O. The van der Waals surface area contributed by atoms with Crippen LogP contribution in [-0.4, -0.2) is 23.2 Å². The molecule has 0 spiro atoms. The zero-order valence-electron chi connectivity index (χ0n) is 8.74. The molecule has 0 aromatic carbocycles. The minimum absolute atomic E-state index is 0.274. The molecule has 0 rings (SSSR count). The molecule has 0 aliphatic heterocycles. The van der Waals surface area contributed by atoms with Gasteiger partial charge in [-0.3, -0.25) is 0 Å². The average Bonchev–Trinajstić information content (AvgIpc) is 1.96. The summed E-state index contributed by atoms with van der Waals surface area (Å²) in [7, 11) is -1.15. The van der Waals surface area contributed by atoms with Crippen molar-refractivity contribution in [3.8, 4) is 0 Å². The molecule has 1 atom stereocenters. The summed E-state index contributed by atoms with van der Waals surface area (Å²) in [6.07, 6.45) is 4.36. The predicted molar refractivity (Wildman–Crippen MR) is 56.3 cm³/mol. The highest BCUT2D eigenvalue weighted by molar-refractivity contribution is 6.40. The van der Waals surface area contributed by atoms with Crippen LogP contribution in [0.15, 0.2) is 0 Å². The van der Waals surface area contributed by atoms with E-state index in [9.17, 15) is 0 Å². The quantitative estimate of drug-likeness (QED) is 0.411. The largest absolute Gasteiger partial charge is 0.451 e. The van der Waals surface area contributed by atoms with Gasteiger partial charge in [0.05, 0.1) is 0 Å². The van der Waals surface area contributed by atoms with Gasteiger partial charge in [0.1, 0.15) is 0 Å². The van der Waals surface area contributed by atoms with Crippen molar-refractivity contribution in [3.63, 3.8) is 0 Å². The third kappa shape index (κ3) is 9.86. The number of nitrogens with two attached hydrogens (primary N) is 1. The molecule has 3 nitrogen and oxygen atoms in total. The third-order valence-corrected chi connectivity index (χ3v) is 2.06. The third-order valence-electron chi connectivity index (χ3n) is 2.06. The summed E-state index contributed by atoms with van der Waals surface area (Å²) in [5.41, 5.74) is 5.87. The van der Waals surface area contributed by atoms with Gasteiger partial charge in [-0.2, -0.15) is 0 Å². The second-order valence-electron chi connectivity index (χ2n) is 4.15. The maximum Gasteiger partial charge on any atom is 0.451 e. The number of unbranched alkanes of at least 4 members (excludes halogenated alkanes) is 1. The zero-order chi connectivity index (χ0) is 10.3. The molecule has 0 heterocycles. The lowest BCUT2D eigenvalue weighted by atomic mass is 9.83. The molecule has 0 amide bonds. The predicted octanol–water partition coefficient (Wildman–Crippen LogP) is 1.00. The Morgan fingerprint density at radius 2 is 1.85 bits per heavy atom. The van der Waals surface area contributed by atoms with Crippen LogP contribution in [0.2, 0.25) is 6.32 Å². The van der Waals surface area contributed by atoms with Crippen LogP contribution in [0.3, 0.4) is 0 Å². The summed E-state index contributed by atoms with van der Waals surface area (Å²) >= 11 is 0. The highest BCUT2D eigenvalue weighted by atomic mass is 16.4. The molecule has 0 aliphatic carbocycles. The first-order valence-electron chi connectivity index (χ1n) is 5.14. The fourth-order valence-electron chi connectivity index (χ4n) is 1.46. The van der Waals surface area contributed by atoms with Crippen molar-refractivity contribution in [2.24, 2.45) is 11.7 Å². The van der Waals surface area contributed by atoms with Crippen molar-refractivity contribution >= 4 is 7.12 Å². The Morgan fingerprint density at radius 3 is 2.31 bits per heavy atom. The lowest BCUT2D eigenvalue weighted by molar-refractivity contribution is 0.398. The molecule has 13 heavy (non-hydrogen) atoms. The molecule has 0 bridgehead atoms. The fraction of sp³-hybridized carbons (Fsp3) is 1.00. The van der Waals surface area contributed by atoms with Crippen LogP contribution in [-0.2, 0) is 0 Å². The molecular weight excluding hydrogens is 165 g/mol. The lowest BCUT2D eigenvalue weighted by Gasteiger charge is -2.13. The topological polar surface area (TPSA) is 66.5 Å².